The fourth-order valence-electron chi connectivity index (χ4n) is 3.90. The molecule has 0 spiro atoms. The molecule has 164 valence electrons. The van der Waals surface area contributed by atoms with Crippen molar-refractivity contribution >= 4 is 35.6 Å². The maximum atomic E-state index is 5.51. The Bertz CT molecular complexity index is 617. The molecule has 1 aromatic carbocycles. The van der Waals surface area contributed by atoms with Gasteiger partial charge in [-0.1, -0.05) is 18.2 Å². The number of nitrogens with zero attached hydrogens (tertiary/aromatic N) is 3. The molecule has 1 N–H and O–H groups in total. The minimum absolute atomic E-state index is 0. The van der Waals surface area contributed by atoms with Gasteiger partial charge in [0.2, 0.25) is 0 Å². The third kappa shape index (κ3) is 7.61. The van der Waals surface area contributed by atoms with Crippen LogP contribution in [0.4, 0.5) is 5.69 Å². The molecule has 0 aromatic heterocycles. The number of anilines is 1. The molecule has 0 saturated carbocycles. The fourth-order valence-corrected chi connectivity index (χ4v) is 3.90. The zero-order chi connectivity index (χ0) is 19.6. The second-order valence-corrected chi connectivity index (χ2v) is 7.66. The van der Waals surface area contributed by atoms with Crippen LogP contribution in [0.5, 0.6) is 0 Å². The molecule has 2 fully saturated rings. The van der Waals surface area contributed by atoms with Crippen molar-refractivity contribution in [3.8, 4) is 0 Å². The SMILES string of the molecule is CCNC(=NCc1ccccc1N1CCOCC1)N(C)CCC1CCOCC1.I. The van der Waals surface area contributed by atoms with E-state index in [-0.39, 0.29) is 24.0 Å². The highest BCUT2D eigenvalue weighted by molar-refractivity contribution is 14.0. The molecule has 3 rings (SSSR count). The molecule has 2 aliphatic rings. The van der Waals surface area contributed by atoms with E-state index in [1.807, 2.05) is 0 Å². The molecule has 2 saturated heterocycles. The van der Waals surface area contributed by atoms with Crippen molar-refractivity contribution < 1.29 is 9.47 Å². The number of morpholine rings is 1. The van der Waals surface area contributed by atoms with E-state index in [1.54, 1.807) is 0 Å². The Morgan fingerprint density at radius 3 is 2.55 bits per heavy atom. The molecule has 0 amide bonds. The molecule has 0 aliphatic carbocycles. The first-order chi connectivity index (χ1) is 13.8. The highest BCUT2D eigenvalue weighted by atomic mass is 127. The van der Waals surface area contributed by atoms with Gasteiger partial charge >= 0.3 is 0 Å². The third-order valence-electron chi connectivity index (χ3n) is 5.65. The van der Waals surface area contributed by atoms with Crippen LogP contribution in [-0.2, 0) is 16.0 Å². The highest BCUT2D eigenvalue weighted by Crippen LogP contribution is 2.22. The van der Waals surface area contributed by atoms with Gasteiger partial charge in [-0.3, -0.25) is 0 Å². The van der Waals surface area contributed by atoms with Crippen molar-refractivity contribution in [3.05, 3.63) is 29.8 Å². The predicted molar refractivity (Wildman–Crippen MR) is 130 cm³/mol. The van der Waals surface area contributed by atoms with E-state index in [4.69, 9.17) is 14.5 Å². The lowest BCUT2D eigenvalue weighted by Crippen LogP contribution is -2.40. The van der Waals surface area contributed by atoms with E-state index in [2.05, 4.69) is 53.4 Å². The van der Waals surface area contributed by atoms with E-state index in [9.17, 15) is 0 Å². The summed E-state index contributed by atoms with van der Waals surface area (Å²) in [5, 5.41) is 3.46. The van der Waals surface area contributed by atoms with Crippen molar-refractivity contribution in [3.63, 3.8) is 0 Å². The number of guanidine groups is 1. The molecule has 7 heteroatoms. The van der Waals surface area contributed by atoms with E-state index in [0.29, 0.717) is 6.54 Å². The molecule has 0 atom stereocenters. The second-order valence-electron chi connectivity index (χ2n) is 7.66. The lowest BCUT2D eigenvalue weighted by atomic mass is 9.96. The molecule has 0 bridgehead atoms. The average Bonchev–Trinajstić information content (AvgIpc) is 2.76. The Morgan fingerprint density at radius 1 is 1.14 bits per heavy atom. The molecule has 0 radical (unpaired) electrons. The van der Waals surface area contributed by atoms with Gasteiger partial charge in [-0.2, -0.15) is 0 Å². The topological polar surface area (TPSA) is 49.3 Å². The Kier molecular flexibility index (Phi) is 11.1. The first-order valence-corrected chi connectivity index (χ1v) is 10.8. The second kappa shape index (κ2) is 13.3. The number of hydrogen-bond acceptors (Lipinski definition) is 4. The van der Waals surface area contributed by atoms with Crippen molar-refractivity contribution in [1.29, 1.82) is 0 Å². The number of benzene rings is 1. The van der Waals surface area contributed by atoms with Gasteiger partial charge in [-0.25, -0.2) is 4.99 Å². The Morgan fingerprint density at radius 2 is 1.83 bits per heavy atom. The zero-order valence-electron chi connectivity index (χ0n) is 17.9. The predicted octanol–water partition coefficient (Wildman–Crippen LogP) is 3.36. The molecule has 29 heavy (non-hydrogen) atoms. The van der Waals surface area contributed by atoms with E-state index >= 15 is 0 Å². The van der Waals surface area contributed by atoms with Crippen LogP contribution in [0.25, 0.3) is 0 Å². The summed E-state index contributed by atoms with van der Waals surface area (Å²) in [7, 11) is 2.15. The minimum Gasteiger partial charge on any atom is -0.381 e. The van der Waals surface area contributed by atoms with Crippen molar-refractivity contribution in [2.75, 3.05) is 64.6 Å². The monoisotopic (exact) mass is 516 g/mol. The summed E-state index contributed by atoms with van der Waals surface area (Å²) < 4.78 is 11.0. The molecule has 2 heterocycles. The number of aliphatic imine (C=N–C) groups is 1. The maximum absolute atomic E-state index is 5.51. The first-order valence-electron chi connectivity index (χ1n) is 10.8. The van der Waals surface area contributed by atoms with Gasteiger partial charge in [-0.05, 0) is 43.7 Å². The van der Waals surface area contributed by atoms with Crippen LogP contribution in [0.15, 0.2) is 29.3 Å². The smallest absolute Gasteiger partial charge is 0.193 e. The lowest BCUT2D eigenvalue weighted by molar-refractivity contribution is 0.0625. The van der Waals surface area contributed by atoms with Crippen LogP contribution in [0.3, 0.4) is 0 Å². The number of nitrogens with one attached hydrogen (secondary N) is 1. The highest BCUT2D eigenvalue weighted by Gasteiger charge is 2.16. The Hall–Kier alpha value is -1.06. The third-order valence-corrected chi connectivity index (χ3v) is 5.65. The van der Waals surface area contributed by atoms with Crippen molar-refractivity contribution in [2.24, 2.45) is 10.9 Å². The molecule has 2 aliphatic heterocycles. The molecule has 6 nitrogen and oxygen atoms in total. The van der Waals surface area contributed by atoms with E-state index in [1.165, 1.54) is 30.5 Å². The average molecular weight is 516 g/mol. The molecule has 0 unspecified atom stereocenters. The Balaban J connectivity index is 0.00000300. The van der Waals surface area contributed by atoms with Crippen LogP contribution in [-0.4, -0.2) is 70.5 Å². The van der Waals surface area contributed by atoms with Gasteiger partial charge in [0.1, 0.15) is 0 Å². The summed E-state index contributed by atoms with van der Waals surface area (Å²) in [5.41, 5.74) is 2.56. The van der Waals surface area contributed by atoms with Gasteiger partial charge in [0.15, 0.2) is 5.96 Å². The molecule has 1 aromatic rings. The Labute approximate surface area is 193 Å². The standard InChI is InChI=1S/C22H36N4O2.HI/c1-3-23-22(25(2)11-8-19-9-14-27-15-10-19)24-18-20-6-4-5-7-21(20)26-12-16-28-17-13-26;/h4-7,19H,3,8-18H2,1-2H3,(H,23,24);1H. The van der Waals surface area contributed by atoms with Crippen LogP contribution < -0.4 is 10.2 Å². The minimum atomic E-state index is 0. The van der Waals surface area contributed by atoms with Gasteiger partial charge in [0.25, 0.3) is 0 Å². The normalized spacial score (nSPS) is 18.3. The van der Waals surface area contributed by atoms with E-state index in [0.717, 1.165) is 64.5 Å². The molecular weight excluding hydrogens is 479 g/mol. The van der Waals surface area contributed by atoms with Crippen molar-refractivity contribution in [1.82, 2.24) is 10.2 Å². The summed E-state index contributed by atoms with van der Waals surface area (Å²) >= 11 is 0. The first kappa shape index (κ1) is 24.2. The van der Waals surface area contributed by atoms with Gasteiger partial charge in [-0.15, -0.1) is 24.0 Å². The summed E-state index contributed by atoms with van der Waals surface area (Å²) in [6, 6.07) is 8.62. The zero-order valence-corrected chi connectivity index (χ0v) is 20.3. The largest absolute Gasteiger partial charge is 0.381 e. The van der Waals surface area contributed by atoms with Crippen molar-refractivity contribution in [2.45, 2.75) is 32.7 Å². The summed E-state index contributed by atoms with van der Waals surface area (Å²) in [6.45, 7) is 10.1. The van der Waals surface area contributed by atoms with Crippen LogP contribution in [0.1, 0.15) is 31.7 Å². The van der Waals surface area contributed by atoms with Crippen LogP contribution in [0.2, 0.25) is 0 Å². The molecular formula is C22H37IN4O2. The number of rotatable bonds is 7. The number of hydrogen-bond donors (Lipinski definition) is 1. The number of halogens is 1. The van der Waals surface area contributed by atoms with Gasteiger partial charge in [0.05, 0.1) is 19.8 Å². The summed E-state index contributed by atoms with van der Waals surface area (Å²) in [6.07, 6.45) is 3.58. The fraction of sp³-hybridized carbons (Fsp3) is 0.682. The summed E-state index contributed by atoms with van der Waals surface area (Å²) in [5.74, 6) is 1.77. The summed E-state index contributed by atoms with van der Waals surface area (Å²) in [4.78, 5) is 9.64. The van der Waals surface area contributed by atoms with E-state index < -0.39 is 0 Å². The van der Waals surface area contributed by atoms with Crippen LogP contribution >= 0.6 is 24.0 Å². The number of para-hydroxylation sites is 1. The van der Waals surface area contributed by atoms with Crippen LogP contribution in [0, 0.1) is 5.92 Å². The van der Waals surface area contributed by atoms with Gasteiger partial charge in [0, 0.05) is 52.1 Å². The quantitative estimate of drug-likeness (QED) is 0.342. The maximum Gasteiger partial charge on any atom is 0.193 e. The van der Waals surface area contributed by atoms with Gasteiger partial charge < -0.3 is 24.6 Å². The number of ether oxygens (including phenoxy) is 2. The lowest BCUT2D eigenvalue weighted by Gasteiger charge is -2.30.